The van der Waals surface area contributed by atoms with Gasteiger partial charge in [-0.15, -0.1) is 0 Å². The average molecular weight is 954 g/mol. The maximum Gasteiger partial charge on any atom is 0.268 e. The molecule has 0 aromatic rings. The second-order valence-corrected chi connectivity index (χ2v) is 22.4. The number of aliphatic hydroxyl groups excluding tert-OH is 1. The van der Waals surface area contributed by atoms with Crippen molar-refractivity contribution < 1.29 is 32.9 Å². The molecule has 0 aliphatic rings. The van der Waals surface area contributed by atoms with Gasteiger partial charge in [0.1, 0.15) is 13.2 Å². The summed E-state index contributed by atoms with van der Waals surface area (Å²) in [6.45, 7) is 4.67. The third-order valence-electron chi connectivity index (χ3n) is 13.2. The molecular weight excluding hydrogens is 840 g/mol. The average Bonchev–Trinajstić information content (AvgIpc) is 3.28. The lowest BCUT2D eigenvalue weighted by atomic mass is 10.0. The van der Waals surface area contributed by atoms with Crippen molar-refractivity contribution in [2.75, 3.05) is 40.9 Å². The summed E-state index contributed by atoms with van der Waals surface area (Å²) >= 11 is 0. The maximum absolute atomic E-state index is 12.9. The quantitative estimate of drug-likeness (QED) is 0.0272. The van der Waals surface area contributed by atoms with E-state index < -0.39 is 20.0 Å². The lowest BCUT2D eigenvalue weighted by Gasteiger charge is -2.29. The molecule has 8 nitrogen and oxygen atoms in total. The van der Waals surface area contributed by atoms with E-state index in [0.29, 0.717) is 17.4 Å². The summed E-state index contributed by atoms with van der Waals surface area (Å²) in [6, 6.07) is -0.899. The Labute approximate surface area is 411 Å². The number of likely N-dealkylation sites (N-methyl/N-ethyl adjacent to an activating group) is 1. The van der Waals surface area contributed by atoms with Crippen LogP contribution >= 0.6 is 7.82 Å². The predicted molar refractivity (Wildman–Crippen MR) is 284 cm³/mol. The zero-order valence-electron chi connectivity index (χ0n) is 44.7. The SMILES string of the molecule is CCCCCCCCCCCCCCCCCCCCCCCC/C=C/CC/C=C/C(O)C(COP(=O)([O-])OCC[N+](C)(C)C)NC(=O)CCCCCCCCCCCCCCCCCC. The topological polar surface area (TPSA) is 108 Å². The number of nitrogens with one attached hydrogen (secondary N) is 1. The zero-order valence-corrected chi connectivity index (χ0v) is 45.6. The smallest absolute Gasteiger partial charge is 0.268 e. The molecular formula is C57H113N2O6P. The number of phosphoric ester groups is 1. The van der Waals surface area contributed by atoms with Crippen LogP contribution in [0.2, 0.25) is 0 Å². The number of carbonyl (C=O) groups excluding carboxylic acids is 1. The molecule has 392 valence electrons. The number of unbranched alkanes of at least 4 members (excludes halogenated alkanes) is 38. The van der Waals surface area contributed by atoms with Crippen LogP contribution in [-0.4, -0.2) is 68.5 Å². The van der Waals surface area contributed by atoms with Crippen molar-refractivity contribution in [1.29, 1.82) is 0 Å². The number of phosphoric acid groups is 1. The first-order chi connectivity index (χ1) is 32.0. The van der Waals surface area contributed by atoms with Crippen molar-refractivity contribution in [3.05, 3.63) is 24.3 Å². The van der Waals surface area contributed by atoms with Crippen LogP contribution in [0.3, 0.4) is 0 Å². The van der Waals surface area contributed by atoms with Gasteiger partial charge < -0.3 is 28.8 Å². The number of aliphatic hydroxyl groups is 1. The lowest BCUT2D eigenvalue weighted by Crippen LogP contribution is -2.45. The molecule has 1 amide bonds. The fourth-order valence-electron chi connectivity index (χ4n) is 8.64. The highest BCUT2D eigenvalue weighted by atomic mass is 31.2. The van der Waals surface area contributed by atoms with E-state index in [4.69, 9.17) is 9.05 Å². The molecule has 0 aliphatic heterocycles. The first-order valence-corrected chi connectivity index (χ1v) is 30.2. The Hall–Kier alpha value is -1.02. The highest BCUT2D eigenvalue weighted by Gasteiger charge is 2.23. The van der Waals surface area contributed by atoms with Gasteiger partial charge >= 0.3 is 0 Å². The van der Waals surface area contributed by atoms with Crippen LogP contribution in [0.1, 0.15) is 284 Å². The Kier molecular flexibility index (Phi) is 48.2. The molecule has 3 unspecified atom stereocenters. The van der Waals surface area contributed by atoms with Crippen LogP contribution in [0.4, 0.5) is 0 Å². The molecule has 0 aromatic heterocycles. The molecule has 0 aliphatic carbocycles. The number of nitrogens with zero attached hydrogens (tertiary/aromatic N) is 1. The van der Waals surface area contributed by atoms with Gasteiger partial charge in [0.2, 0.25) is 5.91 Å². The van der Waals surface area contributed by atoms with Gasteiger partial charge in [0, 0.05) is 6.42 Å². The summed E-state index contributed by atoms with van der Waals surface area (Å²) < 4.78 is 23.3. The molecule has 2 N–H and O–H groups in total. The first kappa shape index (κ1) is 65.0. The second kappa shape index (κ2) is 49.0. The van der Waals surface area contributed by atoms with Crippen molar-refractivity contribution in [1.82, 2.24) is 5.32 Å². The van der Waals surface area contributed by atoms with E-state index >= 15 is 0 Å². The van der Waals surface area contributed by atoms with E-state index in [2.05, 4.69) is 31.3 Å². The number of amides is 1. The number of rotatable bonds is 53. The van der Waals surface area contributed by atoms with Crippen LogP contribution in [0, 0.1) is 0 Å². The maximum atomic E-state index is 12.9. The van der Waals surface area contributed by atoms with E-state index in [1.165, 1.54) is 225 Å². The minimum Gasteiger partial charge on any atom is -0.756 e. The normalized spacial score (nSPS) is 14.1. The highest BCUT2D eigenvalue weighted by Crippen LogP contribution is 2.38. The fraction of sp³-hybridized carbons (Fsp3) is 0.912. The van der Waals surface area contributed by atoms with E-state index in [0.717, 1.165) is 38.5 Å². The Bertz CT molecular complexity index is 1130. The Morgan fingerprint density at radius 1 is 0.515 bits per heavy atom. The van der Waals surface area contributed by atoms with Crippen molar-refractivity contribution in [3.8, 4) is 0 Å². The molecule has 0 bridgehead atoms. The Morgan fingerprint density at radius 2 is 0.848 bits per heavy atom. The summed E-state index contributed by atoms with van der Waals surface area (Å²) in [5.74, 6) is -0.202. The molecule has 0 heterocycles. The number of carbonyl (C=O) groups is 1. The Morgan fingerprint density at radius 3 is 1.23 bits per heavy atom. The summed E-state index contributed by atoms with van der Waals surface area (Å²) in [7, 11) is 1.26. The van der Waals surface area contributed by atoms with Crippen LogP contribution in [-0.2, 0) is 18.4 Å². The molecule has 0 saturated carbocycles. The minimum atomic E-state index is -4.60. The van der Waals surface area contributed by atoms with Gasteiger partial charge in [0.05, 0.1) is 39.9 Å². The van der Waals surface area contributed by atoms with E-state index in [1.807, 2.05) is 27.2 Å². The van der Waals surface area contributed by atoms with Gasteiger partial charge in [-0.2, -0.15) is 0 Å². The molecule has 66 heavy (non-hydrogen) atoms. The predicted octanol–water partition coefficient (Wildman–Crippen LogP) is 16.6. The highest BCUT2D eigenvalue weighted by molar-refractivity contribution is 7.45. The van der Waals surface area contributed by atoms with Crippen molar-refractivity contribution in [2.45, 2.75) is 296 Å². The van der Waals surface area contributed by atoms with Crippen molar-refractivity contribution >= 4 is 13.7 Å². The van der Waals surface area contributed by atoms with Gasteiger partial charge in [0.25, 0.3) is 7.82 Å². The van der Waals surface area contributed by atoms with Gasteiger partial charge in [-0.3, -0.25) is 9.36 Å². The Balaban J connectivity index is 4.19. The van der Waals surface area contributed by atoms with Gasteiger partial charge in [0.15, 0.2) is 0 Å². The van der Waals surface area contributed by atoms with Crippen molar-refractivity contribution in [3.63, 3.8) is 0 Å². The summed E-state index contributed by atoms with van der Waals surface area (Å²) in [4.78, 5) is 25.4. The molecule has 0 aromatic carbocycles. The number of hydrogen-bond donors (Lipinski definition) is 2. The number of hydrogen-bond acceptors (Lipinski definition) is 6. The molecule has 0 fully saturated rings. The zero-order chi connectivity index (χ0) is 48.5. The largest absolute Gasteiger partial charge is 0.756 e. The van der Waals surface area contributed by atoms with Crippen molar-refractivity contribution in [2.24, 2.45) is 0 Å². The lowest BCUT2D eigenvalue weighted by molar-refractivity contribution is -0.870. The third-order valence-corrected chi connectivity index (χ3v) is 14.1. The molecule has 9 heteroatoms. The standard InChI is InChI=1S/C57H113N2O6P/c1-6-8-10-12-14-16-18-20-22-24-25-26-27-28-29-30-31-32-33-34-35-36-38-40-42-44-46-48-50-56(60)55(54-65-66(62,63)64-53-52-59(3,4)5)58-57(61)51-49-47-45-43-41-39-37-23-21-19-17-15-13-11-9-7-2/h40,42,48,50,55-56,60H,6-39,41,43-47,49,51-54H2,1-5H3,(H-,58,61,62,63)/b42-40+,50-48+. The summed E-state index contributed by atoms with van der Waals surface area (Å²) in [6.07, 6.45) is 61.2. The van der Waals surface area contributed by atoms with Crippen LogP contribution in [0.25, 0.3) is 0 Å². The summed E-state index contributed by atoms with van der Waals surface area (Å²) in [5, 5.41) is 13.9. The molecule has 3 atom stereocenters. The first-order valence-electron chi connectivity index (χ1n) is 28.7. The monoisotopic (exact) mass is 953 g/mol. The van der Waals surface area contributed by atoms with Crippen LogP contribution in [0.5, 0.6) is 0 Å². The minimum absolute atomic E-state index is 0.00381. The van der Waals surface area contributed by atoms with Gasteiger partial charge in [-0.1, -0.05) is 269 Å². The van der Waals surface area contributed by atoms with E-state index in [9.17, 15) is 19.4 Å². The van der Waals surface area contributed by atoms with E-state index in [1.54, 1.807) is 6.08 Å². The van der Waals surface area contributed by atoms with Crippen LogP contribution in [0.15, 0.2) is 24.3 Å². The molecule has 0 radical (unpaired) electrons. The van der Waals surface area contributed by atoms with Gasteiger partial charge in [-0.05, 0) is 32.1 Å². The summed E-state index contributed by atoms with van der Waals surface area (Å²) in [5.41, 5.74) is 0. The number of quaternary nitrogens is 1. The van der Waals surface area contributed by atoms with E-state index in [-0.39, 0.29) is 19.1 Å². The molecule has 0 saturated heterocycles. The van der Waals surface area contributed by atoms with Crippen LogP contribution < -0.4 is 10.2 Å². The molecule has 0 rings (SSSR count). The van der Waals surface area contributed by atoms with Gasteiger partial charge in [-0.25, -0.2) is 0 Å². The fourth-order valence-corrected chi connectivity index (χ4v) is 9.37. The second-order valence-electron chi connectivity index (χ2n) is 21.0. The third kappa shape index (κ3) is 50.8. The number of allylic oxidation sites excluding steroid dienone is 3. The molecule has 0 spiro atoms.